The molecule has 3 rings (SSSR count). The van der Waals surface area contributed by atoms with Crippen LogP contribution >= 0.6 is 0 Å². The predicted molar refractivity (Wildman–Crippen MR) is 103 cm³/mol. The van der Waals surface area contributed by atoms with Gasteiger partial charge in [-0.2, -0.15) is 13.2 Å². The number of likely N-dealkylation sites (tertiary alicyclic amines) is 1. The number of alkyl halides is 4. The number of carbonyl (C=O) groups is 1. The molecule has 2 aliphatic heterocycles. The van der Waals surface area contributed by atoms with Gasteiger partial charge in [0.15, 0.2) is 0 Å². The average Bonchev–Trinajstić information content (AvgIpc) is 2.72. The van der Waals surface area contributed by atoms with Gasteiger partial charge < -0.3 is 0 Å². The van der Waals surface area contributed by atoms with E-state index in [0.717, 1.165) is 29.7 Å². The molecule has 0 N–H and O–H groups in total. The van der Waals surface area contributed by atoms with E-state index in [0.29, 0.717) is 25.1 Å². The Bertz CT molecular complexity index is 660. The summed E-state index contributed by atoms with van der Waals surface area (Å²) in [4.78, 5) is 16.6. The molecule has 0 radical (unpaired) electrons. The van der Waals surface area contributed by atoms with E-state index in [9.17, 15) is 18.0 Å². The molecule has 1 amide bonds. The van der Waals surface area contributed by atoms with Crippen molar-refractivity contribution in [2.75, 3.05) is 37.3 Å². The molecule has 4 nitrogen and oxygen atoms in total. The van der Waals surface area contributed by atoms with Gasteiger partial charge in [-0.3, -0.25) is 0 Å². The minimum absolute atomic E-state index is 0.0656. The number of rotatable bonds is 6. The van der Waals surface area contributed by atoms with Gasteiger partial charge in [-0.05, 0) is 0 Å². The molecule has 1 unspecified atom stereocenters. The summed E-state index contributed by atoms with van der Waals surface area (Å²) in [7, 11) is 0. The maximum atomic E-state index is 13.0. The second-order valence-corrected chi connectivity index (χ2v) is 10.6. The van der Waals surface area contributed by atoms with Gasteiger partial charge in [-0.25, -0.2) is 0 Å². The van der Waals surface area contributed by atoms with Crippen molar-refractivity contribution < 1.29 is 39.4 Å². The maximum absolute atomic E-state index is 13.0. The van der Waals surface area contributed by atoms with Gasteiger partial charge in [-0.15, -0.1) is 0 Å². The third-order valence-corrected chi connectivity index (χ3v) is 8.65. The Balaban J connectivity index is 1.50. The summed E-state index contributed by atoms with van der Waals surface area (Å²) in [5.74, 6) is -1.15. The summed E-state index contributed by atoms with van der Waals surface area (Å²) in [6.45, 7) is 6.34. The van der Waals surface area contributed by atoms with Crippen LogP contribution in [0.15, 0.2) is 24.3 Å². The zero-order valence-electron chi connectivity index (χ0n) is 16.9. The van der Waals surface area contributed by atoms with Crippen LogP contribution in [0.25, 0.3) is 0 Å². The third kappa shape index (κ3) is 6.55. The summed E-state index contributed by atoms with van der Waals surface area (Å²) < 4.78 is 42.3. The van der Waals surface area contributed by atoms with Gasteiger partial charge in [-0.1, -0.05) is 0 Å². The van der Waals surface area contributed by atoms with Crippen molar-refractivity contribution in [2.45, 2.75) is 45.3 Å². The molecule has 0 aliphatic carbocycles. The van der Waals surface area contributed by atoms with Crippen LogP contribution in [-0.4, -0.2) is 62.3 Å². The number of hydrogen-bond acceptors (Lipinski definition) is 3. The number of amides is 1. The molecule has 2 heterocycles. The molecule has 29 heavy (non-hydrogen) atoms. The molecule has 0 saturated carbocycles. The Hall–Kier alpha value is -0.870. The van der Waals surface area contributed by atoms with Crippen molar-refractivity contribution in [1.29, 1.82) is 0 Å². The molecule has 164 valence electrons. The van der Waals surface area contributed by atoms with Crippen LogP contribution in [0.4, 0.5) is 13.2 Å². The first-order valence-corrected chi connectivity index (χ1v) is 12.9. The van der Waals surface area contributed by atoms with Gasteiger partial charge in [0.25, 0.3) is 0 Å². The summed E-state index contributed by atoms with van der Waals surface area (Å²) in [5.41, 5.74) is 1.63. The Morgan fingerprint density at radius 2 is 1.93 bits per heavy atom. The van der Waals surface area contributed by atoms with E-state index in [2.05, 4.69) is 10.0 Å². The fourth-order valence-corrected chi connectivity index (χ4v) is 6.50. The normalized spacial score (nSPS) is 22.3. The van der Waals surface area contributed by atoms with Gasteiger partial charge in [0.05, 0.1) is 0 Å². The summed E-state index contributed by atoms with van der Waals surface area (Å²) in [6, 6.07) is 7.42. The number of hydrogen-bond donors (Lipinski definition) is 0. The van der Waals surface area contributed by atoms with Crippen molar-refractivity contribution >= 4 is 5.91 Å². The molecule has 2 saturated heterocycles. The van der Waals surface area contributed by atoms with Crippen LogP contribution in [0.1, 0.15) is 48.5 Å². The van der Waals surface area contributed by atoms with Crippen molar-refractivity contribution in [1.82, 2.24) is 12.9 Å². The van der Waals surface area contributed by atoms with Crippen LogP contribution in [0.2, 0.25) is 0 Å². The number of halogens is 4. The van der Waals surface area contributed by atoms with Crippen molar-refractivity contribution in [3.05, 3.63) is 35.4 Å². The van der Waals surface area contributed by atoms with Crippen LogP contribution in [-0.2, 0) is 6.54 Å². The Morgan fingerprint density at radius 1 is 1.17 bits per heavy atom. The van der Waals surface area contributed by atoms with E-state index in [4.69, 9.17) is 0 Å². The molecule has 0 spiro atoms. The topological polar surface area (TPSA) is 26.8 Å². The second kappa shape index (κ2) is 10.4. The fourth-order valence-electron chi connectivity index (χ4n) is 3.81. The van der Waals surface area contributed by atoms with Gasteiger partial charge in [0, 0.05) is 0 Å². The Kier molecular flexibility index (Phi) is 8.21. The van der Waals surface area contributed by atoms with Crippen LogP contribution in [0, 0.1) is 5.92 Å². The zero-order valence-corrected chi connectivity index (χ0v) is 19.1. The summed E-state index contributed by atoms with van der Waals surface area (Å²) in [6.07, 6.45) is -0.895. The standard InChI is InChI=1S/C21H30F3IN3O/c1-2-3-11-28-13-12-27(16-25-28)20(29)18-8-6-17(7-9-18)14-26-10-4-5-19(15-26)21(22,23)24/h6-9,19H,2-5,10-16H2,1H3/q-1. The van der Waals surface area contributed by atoms with E-state index in [1.807, 2.05) is 34.1 Å². The van der Waals surface area contributed by atoms with Gasteiger partial charge >= 0.3 is 169 Å². The number of unbranched alkanes of at least 4 members (excludes halogenated alkanes) is 1. The molecule has 2 aliphatic rings. The molecule has 8 heteroatoms. The van der Waals surface area contributed by atoms with Gasteiger partial charge in [0.1, 0.15) is 0 Å². The molecule has 1 aromatic rings. The predicted octanol–water partition coefficient (Wildman–Crippen LogP) is 0.980. The average molecular weight is 524 g/mol. The summed E-state index contributed by atoms with van der Waals surface area (Å²) in [5, 5.41) is 0. The van der Waals surface area contributed by atoms with E-state index >= 15 is 0 Å². The number of piperidine rings is 1. The fraction of sp³-hybridized carbons (Fsp3) is 0.667. The van der Waals surface area contributed by atoms with E-state index in [-0.39, 0.29) is 40.4 Å². The number of nitrogens with zero attached hydrogens (tertiary/aromatic N) is 3. The first-order chi connectivity index (χ1) is 13.9. The van der Waals surface area contributed by atoms with Crippen LogP contribution in [0.5, 0.6) is 0 Å². The Labute approximate surface area is 182 Å². The monoisotopic (exact) mass is 524 g/mol. The molecular formula is C21H30F3IN3O-. The van der Waals surface area contributed by atoms with Crippen molar-refractivity contribution in [3.8, 4) is 0 Å². The minimum atomic E-state index is -4.11. The second-order valence-electron chi connectivity index (χ2n) is 7.88. The SMILES string of the molecule is CCCCN1CCN(C(=O)c2ccc(CN3CCCC(C(F)(F)F)C3)cc2)C[I-]1. The molecule has 1 atom stereocenters. The summed E-state index contributed by atoms with van der Waals surface area (Å²) >= 11 is -0.123. The van der Waals surface area contributed by atoms with Gasteiger partial charge in [0.2, 0.25) is 0 Å². The molecule has 2 fully saturated rings. The van der Waals surface area contributed by atoms with Crippen molar-refractivity contribution in [3.63, 3.8) is 0 Å². The molecular weight excluding hydrogens is 494 g/mol. The zero-order chi connectivity index (χ0) is 20.9. The van der Waals surface area contributed by atoms with Crippen molar-refractivity contribution in [2.24, 2.45) is 5.92 Å². The van der Waals surface area contributed by atoms with Crippen LogP contribution in [0.3, 0.4) is 0 Å². The van der Waals surface area contributed by atoms with E-state index in [1.165, 1.54) is 12.8 Å². The first kappa shape index (κ1) is 22.8. The first-order valence-electron chi connectivity index (χ1n) is 10.4. The number of benzene rings is 1. The molecule has 0 bridgehead atoms. The quantitative estimate of drug-likeness (QED) is 0.241. The number of carbonyl (C=O) groups excluding carboxylic acids is 1. The van der Waals surface area contributed by atoms with E-state index < -0.39 is 12.1 Å². The molecule has 1 aromatic carbocycles. The third-order valence-electron chi connectivity index (χ3n) is 5.60. The molecule has 0 aromatic heterocycles. The van der Waals surface area contributed by atoms with Crippen LogP contribution < -0.4 is 21.5 Å². The Morgan fingerprint density at radius 3 is 2.55 bits per heavy atom. The van der Waals surface area contributed by atoms with E-state index in [1.54, 1.807) is 0 Å².